The average Bonchev–Trinajstić information content (AvgIpc) is 2.96. The van der Waals surface area contributed by atoms with Crippen molar-refractivity contribution in [1.29, 1.82) is 0 Å². The highest BCUT2D eigenvalue weighted by atomic mass is 127. The van der Waals surface area contributed by atoms with Crippen molar-refractivity contribution in [3.05, 3.63) is 62.7 Å². The van der Waals surface area contributed by atoms with Crippen LogP contribution in [0.25, 0.3) is 0 Å². The topological polar surface area (TPSA) is 32.3 Å². The van der Waals surface area contributed by atoms with Gasteiger partial charge in [0.2, 0.25) is 0 Å². The molecule has 1 aliphatic heterocycles. The van der Waals surface area contributed by atoms with Crippen LogP contribution in [0.3, 0.4) is 0 Å². The quantitative estimate of drug-likeness (QED) is 0.744. The largest absolute Gasteiger partial charge is 0.380 e. The fraction of sp³-hybridized carbons (Fsp3) is 0.235. The van der Waals surface area contributed by atoms with Gasteiger partial charge in [-0.05, 0) is 59.3 Å². The molecule has 22 heavy (non-hydrogen) atoms. The van der Waals surface area contributed by atoms with Gasteiger partial charge in [-0.3, -0.25) is 4.79 Å². The lowest BCUT2D eigenvalue weighted by atomic mass is 10.2. The van der Waals surface area contributed by atoms with E-state index >= 15 is 0 Å². The van der Waals surface area contributed by atoms with Crippen LogP contribution in [-0.2, 0) is 0 Å². The molecule has 1 saturated heterocycles. The second kappa shape index (κ2) is 6.87. The van der Waals surface area contributed by atoms with E-state index in [-0.39, 0.29) is 5.91 Å². The molecule has 114 valence electrons. The van der Waals surface area contributed by atoms with Crippen molar-refractivity contribution >= 4 is 45.8 Å². The van der Waals surface area contributed by atoms with E-state index in [0.29, 0.717) is 11.1 Å². The highest BCUT2D eigenvalue weighted by molar-refractivity contribution is 14.1. The lowest BCUT2D eigenvalue weighted by molar-refractivity contribution is 0.0790. The Morgan fingerprint density at radius 2 is 2.00 bits per heavy atom. The van der Waals surface area contributed by atoms with Crippen LogP contribution in [-0.4, -0.2) is 29.9 Å². The number of likely N-dealkylation sites (tertiary alicyclic amines) is 1. The molecule has 0 aliphatic carbocycles. The van der Waals surface area contributed by atoms with Gasteiger partial charge in [0.25, 0.3) is 5.91 Å². The maximum atomic E-state index is 12.6. The molecule has 5 heteroatoms. The van der Waals surface area contributed by atoms with E-state index in [1.807, 2.05) is 47.4 Å². The SMILES string of the molecule is O=C(c1ccc(Cl)cc1I)N1CCC(Nc2ccccc2)C1. The fourth-order valence-electron chi connectivity index (χ4n) is 2.67. The number of nitrogens with zero attached hydrogens (tertiary/aromatic N) is 1. The van der Waals surface area contributed by atoms with Gasteiger partial charge in [0.05, 0.1) is 5.56 Å². The molecule has 1 fully saturated rings. The second-order valence-electron chi connectivity index (χ2n) is 5.37. The van der Waals surface area contributed by atoms with Crippen LogP contribution < -0.4 is 5.32 Å². The first kappa shape index (κ1) is 15.6. The number of carbonyl (C=O) groups is 1. The molecule has 3 rings (SSSR count). The Kier molecular flexibility index (Phi) is 4.88. The molecule has 1 N–H and O–H groups in total. The van der Waals surface area contributed by atoms with E-state index in [0.717, 1.165) is 34.3 Å². The summed E-state index contributed by atoms with van der Waals surface area (Å²) in [6.07, 6.45) is 0.963. The number of anilines is 1. The van der Waals surface area contributed by atoms with Gasteiger partial charge in [-0.1, -0.05) is 29.8 Å². The van der Waals surface area contributed by atoms with Crippen LogP contribution in [0, 0.1) is 3.57 Å². The summed E-state index contributed by atoms with van der Waals surface area (Å²) < 4.78 is 0.898. The predicted molar refractivity (Wildman–Crippen MR) is 98.5 cm³/mol. The number of nitrogens with one attached hydrogen (secondary N) is 1. The van der Waals surface area contributed by atoms with Gasteiger partial charge in [0.1, 0.15) is 0 Å². The van der Waals surface area contributed by atoms with Crippen molar-refractivity contribution in [2.24, 2.45) is 0 Å². The van der Waals surface area contributed by atoms with Gasteiger partial charge in [-0.15, -0.1) is 0 Å². The average molecular weight is 427 g/mol. The van der Waals surface area contributed by atoms with E-state index in [1.54, 1.807) is 6.07 Å². The number of hydrogen-bond donors (Lipinski definition) is 1. The number of carbonyl (C=O) groups excluding carboxylic acids is 1. The van der Waals surface area contributed by atoms with Crippen molar-refractivity contribution in [3.63, 3.8) is 0 Å². The lowest BCUT2D eigenvalue weighted by Crippen LogP contribution is -2.32. The summed E-state index contributed by atoms with van der Waals surface area (Å²) in [7, 11) is 0. The molecule has 1 amide bonds. The summed E-state index contributed by atoms with van der Waals surface area (Å²) in [6, 6.07) is 15.8. The molecule has 1 unspecified atom stereocenters. The lowest BCUT2D eigenvalue weighted by Gasteiger charge is -2.18. The monoisotopic (exact) mass is 426 g/mol. The van der Waals surface area contributed by atoms with Gasteiger partial charge < -0.3 is 10.2 Å². The van der Waals surface area contributed by atoms with Gasteiger partial charge in [0, 0.05) is 33.4 Å². The number of rotatable bonds is 3. The first-order valence-corrected chi connectivity index (χ1v) is 8.65. The summed E-state index contributed by atoms with van der Waals surface area (Å²) in [5, 5.41) is 4.14. The third kappa shape index (κ3) is 3.55. The molecule has 3 nitrogen and oxygen atoms in total. The third-order valence-electron chi connectivity index (χ3n) is 3.78. The molecule has 2 aromatic rings. The zero-order valence-corrected chi connectivity index (χ0v) is 14.8. The zero-order chi connectivity index (χ0) is 15.5. The Hall–Kier alpha value is -1.27. The second-order valence-corrected chi connectivity index (χ2v) is 6.97. The minimum Gasteiger partial charge on any atom is -0.380 e. The van der Waals surface area contributed by atoms with Gasteiger partial charge in [-0.2, -0.15) is 0 Å². The first-order valence-electron chi connectivity index (χ1n) is 7.19. The number of para-hydroxylation sites is 1. The molecule has 1 heterocycles. The van der Waals surface area contributed by atoms with Crippen LogP contribution in [0.15, 0.2) is 48.5 Å². The van der Waals surface area contributed by atoms with Crippen molar-refractivity contribution in [1.82, 2.24) is 4.90 Å². The molecular weight excluding hydrogens is 411 g/mol. The smallest absolute Gasteiger partial charge is 0.255 e. The molecule has 0 radical (unpaired) electrons. The number of hydrogen-bond acceptors (Lipinski definition) is 2. The minimum atomic E-state index is 0.0819. The zero-order valence-electron chi connectivity index (χ0n) is 11.9. The molecular formula is C17H16ClIN2O. The van der Waals surface area contributed by atoms with Crippen molar-refractivity contribution in [2.75, 3.05) is 18.4 Å². The molecule has 1 aliphatic rings. The Morgan fingerprint density at radius 1 is 1.23 bits per heavy atom. The van der Waals surface area contributed by atoms with E-state index in [9.17, 15) is 4.79 Å². The fourth-order valence-corrected chi connectivity index (χ4v) is 3.77. The molecule has 0 aromatic heterocycles. The van der Waals surface area contributed by atoms with Crippen molar-refractivity contribution in [2.45, 2.75) is 12.5 Å². The van der Waals surface area contributed by atoms with Crippen LogP contribution in [0.2, 0.25) is 5.02 Å². The number of amides is 1. The van der Waals surface area contributed by atoms with Crippen LogP contribution in [0.5, 0.6) is 0 Å². The summed E-state index contributed by atoms with van der Waals surface area (Å²) in [6.45, 7) is 1.51. The Labute approximate surface area is 148 Å². The standard InChI is InChI=1S/C17H16ClIN2O/c18-12-6-7-15(16(19)10-12)17(22)21-9-8-14(11-21)20-13-4-2-1-3-5-13/h1-7,10,14,20H,8-9,11H2. The molecule has 1 atom stereocenters. The number of halogens is 2. The molecule has 0 spiro atoms. The normalized spacial score (nSPS) is 17.5. The highest BCUT2D eigenvalue weighted by Crippen LogP contribution is 2.22. The Balaban J connectivity index is 1.66. The van der Waals surface area contributed by atoms with E-state index in [4.69, 9.17) is 11.6 Å². The highest BCUT2D eigenvalue weighted by Gasteiger charge is 2.27. The van der Waals surface area contributed by atoms with Gasteiger partial charge in [-0.25, -0.2) is 0 Å². The summed E-state index contributed by atoms with van der Waals surface area (Å²) in [4.78, 5) is 14.5. The van der Waals surface area contributed by atoms with Crippen molar-refractivity contribution in [3.8, 4) is 0 Å². The van der Waals surface area contributed by atoms with E-state index in [1.165, 1.54) is 0 Å². The van der Waals surface area contributed by atoms with E-state index in [2.05, 4.69) is 27.9 Å². The maximum Gasteiger partial charge on any atom is 0.255 e. The van der Waals surface area contributed by atoms with Gasteiger partial charge in [0.15, 0.2) is 0 Å². The van der Waals surface area contributed by atoms with Crippen molar-refractivity contribution < 1.29 is 4.79 Å². The minimum absolute atomic E-state index is 0.0819. The summed E-state index contributed by atoms with van der Waals surface area (Å²) in [5.41, 5.74) is 1.83. The summed E-state index contributed by atoms with van der Waals surface area (Å²) in [5.74, 6) is 0.0819. The molecule has 2 aromatic carbocycles. The molecule has 0 saturated carbocycles. The van der Waals surface area contributed by atoms with E-state index < -0.39 is 0 Å². The first-order chi connectivity index (χ1) is 10.6. The van der Waals surface area contributed by atoms with Crippen LogP contribution >= 0.6 is 34.2 Å². The third-order valence-corrected chi connectivity index (χ3v) is 4.91. The predicted octanol–water partition coefficient (Wildman–Crippen LogP) is 4.27. The maximum absolute atomic E-state index is 12.6. The number of benzene rings is 2. The summed E-state index contributed by atoms with van der Waals surface area (Å²) >= 11 is 8.12. The molecule has 0 bridgehead atoms. The van der Waals surface area contributed by atoms with Gasteiger partial charge >= 0.3 is 0 Å². The van der Waals surface area contributed by atoms with Crippen LogP contribution in [0.4, 0.5) is 5.69 Å². The van der Waals surface area contributed by atoms with Crippen LogP contribution in [0.1, 0.15) is 16.8 Å². The Morgan fingerprint density at radius 3 is 2.73 bits per heavy atom. The Bertz CT molecular complexity index is 678.